The summed E-state index contributed by atoms with van der Waals surface area (Å²) in [6.45, 7) is 4.07. The maximum absolute atomic E-state index is 12.5. The van der Waals surface area contributed by atoms with Crippen molar-refractivity contribution in [1.29, 1.82) is 0 Å². The molecule has 3 rings (SSSR count). The standard InChI is InChI=1S/C22H24N4O2S/c1-15(2)20(27)25-18-6-4-5-16(13-18)14-24-21(28)17-7-9-19(10-8-17)26-12-11-23-22(26)29-3/h4-13,15H,14H2,1-3H3,(H,24,28)(H,25,27). The molecule has 2 amide bonds. The highest BCUT2D eigenvalue weighted by Crippen LogP contribution is 2.18. The molecule has 0 bridgehead atoms. The second kappa shape index (κ2) is 9.43. The first-order valence-electron chi connectivity index (χ1n) is 9.33. The number of anilines is 1. The second-order valence-corrected chi connectivity index (χ2v) is 7.63. The van der Waals surface area contributed by atoms with Gasteiger partial charge in [0, 0.05) is 41.8 Å². The van der Waals surface area contributed by atoms with E-state index in [0.717, 1.165) is 22.1 Å². The average Bonchev–Trinajstić information content (AvgIpc) is 3.21. The van der Waals surface area contributed by atoms with E-state index in [0.29, 0.717) is 12.1 Å². The molecule has 1 aromatic heterocycles. The van der Waals surface area contributed by atoms with Gasteiger partial charge in [0.15, 0.2) is 5.16 Å². The molecule has 3 aromatic rings. The van der Waals surface area contributed by atoms with Gasteiger partial charge in [-0.3, -0.25) is 14.2 Å². The molecule has 150 valence electrons. The number of hydrogen-bond donors (Lipinski definition) is 2. The third kappa shape index (κ3) is 5.26. The van der Waals surface area contributed by atoms with Crippen LogP contribution >= 0.6 is 11.8 Å². The summed E-state index contributed by atoms with van der Waals surface area (Å²) < 4.78 is 1.98. The topological polar surface area (TPSA) is 76.0 Å². The Hall–Kier alpha value is -3.06. The number of hydrogen-bond acceptors (Lipinski definition) is 4. The Bertz CT molecular complexity index is 996. The first kappa shape index (κ1) is 20.7. The molecule has 0 aliphatic rings. The molecule has 0 saturated carbocycles. The summed E-state index contributed by atoms with van der Waals surface area (Å²) in [6, 6.07) is 14.9. The minimum atomic E-state index is -0.149. The number of benzene rings is 2. The quantitative estimate of drug-likeness (QED) is 0.577. The van der Waals surface area contributed by atoms with Gasteiger partial charge in [0.1, 0.15) is 0 Å². The third-order valence-electron chi connectivity index (χ3n) is 4.37. The number of rotatable bonds is 7. The zero-order valence-electron chi connectivity index (χ0n) is 16.7. The van der Waals surface area contributed by atoms with E-state index in [1.807, 2.05) is 67.3 Å². The minimum absolute atomic E-state index is 0.0335. The van der Waals surface area contributed by atoms with Crippen LogP contribution in [0, 0.1) is 5.92 Å². The van der Waals surface area contributed by atoms with Gasteiger partial charge in [-0.25, -0.2) is 4.98 Å². The zero-order valence-corrected chi connectivity index (χ0v) is 17.5. The smallest absolute Gasteiger partial charge is 0.251 e. The van der Waals surface area contributed by atoms with Gasteiger partial charge in [0.25, 0.3) is 5.91 Å². The van der Waals surface area contributed by atoms with Crippen LogP contribution in [0.5, 0.6) is 0 Å². The lowest BCUT2D eigenvalue weighted by molar-refractivity contribution is -0.118. The Morgan fingerprint density at radius 3 is 2.59 bits per heavy atom. The lowest BCUT2D eigenvalue weighted by Crippen LogP contribution is -2.23. The van der Waals surface area contributed by atoms with E-state index in [-0.39, 0.29) is 17.7 Å². The molecular formula is C22H24N4O2S. The first-order valence-corrected chi connectivity index (χ1v) is 10.6. The minimum Gasteiger partial charge on any atom is -0.348 e. The van der Waals surface area contributed by atoms with Crippen LogP contribution in [0.25, 0.3) is 5.69 Å². The Morgan fingerprint density at radius 2 is 1.90 bits per heavy atom. The number of amides is 2. The molecule has 1 heterocycles. The molecule has 0 atom stereocenters. The van der Waals surface area contributed by atoms with Crippen molar-refractivity contribution in [1.82, 2.24) is 14.9 Å². The number of carbonyl (C=O) groups excluding carboxylic acids is 2. The van der Waals surface area contributed by atoms with Gasteiger partial charge in [0.05, 0.1) is 0 Å². The number of aromatic nitrogens is 2. The van der Waals surface area contributed by atoms with Crippen LogP contribution < -0.4 is 10.6 Å². The second-order valence-electron chi connectivity index (χ2n) is 6.86. The summed E-state index contributed by atoms with van der Waals surface area (Å²) in [7, 11) is 0. The van der Waals surface area contributed by atoms with Gasteiger partial charge in [-0.15, -0.1) is 0 Å². The fraction of sp³-hybridized carbons (Fsp3) is 0.227. The van der Waals surface area contributed by atoms with Gasteiger partial charge in [0.2, 0.25) is 5.91 Å². The summed E-state index contributed by atoms with van der Waals surface area (Å²) in [5.74, 6) is -0.270. The fourth-order valence-electron chi connectivity index (χ4n) is 2.74. The van der Waals surface area contributed by atoms with Crippen molar-refractivity contribution < 1.29 is 9.59 Å². The van der Waals surface area contributed by atoms with Crippen LogP contribution in [0.15, 0.2) is 66.1 Å². The van der Waals surface area contributed by atoms with E-state index in [2.05, 4.69) is 15.6 Å². The summed E-state index contributed by atoms with van der Waals surface area (Å²) in [5, 5.41) is 6.68. The van der Waals surface area contributed by atoms with Crippen molar-refractivity contribution in [3.63, 3.8) is 0 Å². The zero-order chi connectivity index (χ0) is 20.8. The Labute approximate surface area is 174 Å². The van der Waals surface area contributed by atoms with Gasteiger partial charge in [-0.05, 0) is 48.2 Å². The van der Waals surface area contributed by atoms with Gasteiger partial charge < -0.3 is 10.6 Å². The molecule has 0 aliphatic heterocycles. The molecule has 0 aliphatic carbocycles. The van der Waals surface area contributed by atoms with Crippen LogP contribution in [-0.2, 0) is 11.3 Å². The summed E-state index contributed by atoms with van der Waals surface area (Å²) in [6.07, 6.45) is 5.63. The van der Waals surface area contributed by atoms with Crippen molar-refractivity contribution in [2.24, 2.45) is 5.92 Å². The van der Waals surface area contributed by atoms with E-state index in [1.165, 1.54) is 0 Å². The van der Waals surface area contributed by atoms with E-state index in [1.54, 1.807) is 30.1 Å². The van der Waals surface area contributed by atoms with Crippen molar-refractivity contribution in [3.8, 4) is 5.69 Å². The maximum Gasteiger partial charge on any atom is 0.251 e. The van der Waals surface area contributed by atoms with E-state index in [9.17, 15) is 9.59 Å². The predicted molar refractivity (Wildman–Crippen MR) is 116 cm³/mol. The molecular weight excluding hydrogens is 384 g/mol. The van der Waals surface area contributed by atoms with Crippen LogP contribution in [0.3, 0.4) is 0 Å². The monoisotopic (exact) mass is 408 g/mol. The number of imidazole rings is 1. The number of thioether (sulfide) groups is 1. The summed E-state index contributed by atoms with van der Waals surface area (Å²) >= 11 is 1.57. The highest BCUT2D eigenvalue weighted by molar-refractivity contribution is 7.98. The van der Waals surface area contributed by atoms with Crippen LogP contribution in [0.1, 0.15) is 29.8 Å². The summed E-state index contributed by atoms with van der Waals surface area (Å²) in [4.78, 5) is 28.6. The van der Waals surface area contributed by atoms with E-state index >= 15 is 0 Å². The number of nitrogens with zero attached hydrogens (tertiary/aromatic N) is 2. The lowest BCUT2D eigenvalue weighted by atomic mass is 10.1. The van der Waals surface area contributed by atoms with E-state index < -0.39 is 0 Å². The molecule has 2 N–H and O–H groups in total. The lowest BCUT2D eigenvalue weighted by Gasteiger charge is -2.11. The molecule has 0 fully saturated rings. The van der Waals surface area contributed by atoms with Crippen LogP contribution in [-0.4, -0.2) is 27.6 Å². The Morgan fingerprint density at radius 1 is 1.14 bits per heavy atom. The molecule has 6 nitrogen and oxygen atoms in total. The molecule has 7 heteroatoms. The normalized spacial score (nSPS) is 10.8. The molecule has 2 aromatic carbocycles. The largest absolute Gasteiger partial charge is 0.348 e. The molecule has 0 spiro atoms. The number of nitrogens with one attached hydrogen (secondary N) is 2. The SMILES string of the molecule is CSc1nccn1-c1ccc(C(=O)NCc2cccc(NC(=O)C(C)C)c2)cc1. The van der Waals surface area contributed by atoms with Crippen LogP contribution in [0.2, 0.25) is 0 Å². The van der Waals surface area contributed by atoms with Gasteiger partial charge >= 0.3 is 0 Å². The molecule has 0 saturated heterocycles. The van der Waals surface area contributed by atoms with Crippen molar-refractivity contribution in [2.45, 2.75) is 25.5 Å². The average molecular weight is 409 g/mol. The number of carbonyl (C=O) groups is 2. The highest BCUT2D eigenvalue weighted by atomic mass is 32.2. The van der Waals surface area contributed by atoms with E-state index in [4.69, 9.17) is 0 Å². The molecule has 0 radical (unpaired) electrons. The van der Waals surface area contributed by atoms with Gasteiger partial charge in [-0.1, -0.05) is 37.7 Å². The molecule has 0 unspecified atom stereocenters. The van der Waals surface area contributed by atoms with Crippen molar-refractivity contribution in [2.75, 3.05) is 11.6 Å². The third-order valence-corrected chi connectivity index (χ3v) is 5.04. The van der Waals surface area contributed by atoms with Crippen LogP contribution in [0.4, 0.5) is 5.69 Å². The Kier molecular flexibility index (Phi) is 6.72. The Balaban J connectivity index is 1.62. The van der Waals surface area contributed by atoms with Gasteiger partial charge in [-0.2, -0.15) is 0 Å². The predicted octanol–water partition coefficient (Wildman–Crippen LogP) is 4.12. The fourth-order valence-corrected chi connectivity index (χ4v) is 3.27. The highest BCUT2D eigenvalue weighted by Gasteiger charge is 2.09. The maximum atomic E-state index is 12.5. The first-order chi connectivity index (χ1) is 14.0. The molecule has 29 heavy (non-hydrogen) atoms. The van der Waals surface area contributed by atoms with Crippen molar-refractivity contribution >= 4 is 29.3 Å². The van der Waals surface area contributed by atoms with Crippen molar-refractivity contribution in [3.05, 3.63) is 72.1 Å². The summed E-state index contributed by atoms with van der Waals surface area (Å²) in [5.41, 5.74) is 3.19.